The summed E-state index contributed by atoms with van der Waals surface area (Å²) in [7, 11) is -2.23. The van der Waals surface area contributed by atoms with Crippen molar-refractivity contribution in [2.45, 2.75) is 82.2 Å². The van der Waals surface area contributed by atoms with Crippen LogP contribution in [0.25, 0.3) is 0 Å². The van der Waals surface area contributed by atoms with Gasteiger partial charge in [0.25, 0.3) is 0 Å². The van der Waals surface area contributed by atoms with Gasteiger partial charge in [0.2, 0.25) is 0 Å². The minimum absolute atomic E-state index is 0.680. The molecule has 0 atom stereocenters. The summed E-state index contributed by atoms with van der Waals surface area (Å²) in [6.07, 6.45) is 13.5. The molecule has 0 unspecified atom stereocenters. The van der Waals surface area contributed by atoms with E-state index in [1.165, 1.54) is 64.2 Å². The van der Waals surface area contributed by atoms with Crippen LogP contribution in [0.2, 0.25) is 11.1 Å². The van der Waals surface area contributed by atoms with Gasteiger partial charge in [-0.3, -0.25) is 0 Å². The predicted octanol–water partition coefficient (Wildman–Crippen LogP) is 6.21. The third kappa shape index (κ3) is 4.00. The van der Waals surface area contributed by atoms with Crippen molar-refractivity contribution in [1.29, 1.82) is 0 Å². The van der Waals surface area contributed by atoms with Crippen LogP contribution in [0.5, 0.6) is 5.75 Å². The van der Waals surface area contributed by atoms with Gasteiger partial charge in [0.1, 0.15) is 5.75 Å². The van der Waals surface area contributed by atoms with Gasteiger partial charge in [0, 0.05) is 17.7 Å². The van der Waals surface area contributed by atoms with Crippen LogP contribution in [-0.2, 0) is 4.43 Å². The fourth-order valence-electron chi connectivity index (χ4n) is 4.67. The van der Waals surface area contributed by atoms with Crippen molar-refractivity contribution in [3.63, 3.8) is 0 Å². The summed E-state index contributed by atoms with van der Waals surface area (Å²) < 4.78 is 13.5. The van der Waals surface area contributed by atoms with Crippen LogP contribution >= 0.6 is 0 Å². The summed E-state index contributed by atoms with van der Waals surface area (Å²) in [5.74, 6) is 1.03. The monoisotopic (exact) mass is 332 g/mol. The van der Waals surface area contributed by atoms with Crippen LogP contribution < -0.4 is 4.43 Å². The van der Waals surface area contributed by atoms with Crippen molar-refractivity contribution in [2.75, 3.05) is 6.61 Å². The lowest BCUT2D eigenvalue weighted by molar-refractivity contribution is 0.204. The van der Waals surface area contributed by atoms with Crippen molar-refractivity contribution in [3.8, 4) is 5.75 Å². The zero-order valence-corrected chi connectivity index (χ0v) is 15.6. The molecule has 2 aliphatic carbocycles. The fourth-order valence-corrected chi connectivity index (χ4v) is 9.59. The lowest BCUT2D eigenvalue weighted by Crippen LogP contribution is -2.55. The molecule has 128 valence electrons. The average molecular weight is 333 g/mol. The van der Waals surface area contributed by atoms with Gasteiger partial charge in [-0.15, -0.1) is 0 Å². The Hall–Kier alpha value is -0.803. The number of para-hydroxylation sites is 1. The first-order valence-corrected chi connectivity index (χ1v) is 11.7. The summed E-state index contributed by atoms with van der Waals surface area (Å²) in [5, 5.41) is 0. The molecule has 0 heterocycles. The van der Waals surface area contributed by atoms with Gasteiger partial charge >= 0.3 is 8.56 Å². The minimum Gasteiger partial charge on any atom is -0.520 e. The zero-order valence-electron chi connectivity index (χ0n) is 14.6. The summed E-state index contributed by atoms with van der Waals surface area (Å²) in [5.41, 5.74) is 1.36. The standard InChI is InChI=1S/C20H32O2Si/c1-2-21-23(19-14-8-4-9-15-19,20-16-10-5-11-17-20)22-18-12-6-3-7-13-18/h3,6-7,12-13,19-20H,2,4-5,8-11,14-17H2,1H3. The largest absolute Gasteiger partial charge is 0.520 e. The Morgan fingerprint density at radius 2 is 1.35 bits per heavy atom. The highest BCUT2D eigenvalue weighted by Gasteiger charge is 2.54. The van der Waals surface area contributed by atoms with Gasteiger partial charge in [0.05, 0.1) is 0 Å². The first-order chi connectivity index (χ1) is 11.3. The lowest BCUT2D eigenvalue weighted by Gasteiger charge is -2.45. The van der Waals surface area contributed by atoms with E-state index in [0.29, 0.717) is 11.1 Å². The highest BCUT2D eigenvalue weighted by Crippen LogP contribution is 2.49. The minimum atomic E-state index is -2.23. The van der Waals surface area contributed by atoms with Crippen molar-refractivity contribution in [1.82, 2.24) is 0 Å². The van der Waals surface area contributed by atoms with Crippen LogP contribution in [0, 0.1) is 0 Å². The van der Waals surface area contributed by atoms with E-state index < -0.39 is 8.56 Å². The second-order valence-electron chi connectivity index (χ2n) is 7.24. The zero-order chi connectivity index (χ0) is 16.0. The van der Waals surface area contributed by atoms with Gasteiger partial charge in [0.15, 0.2) is 0 Å². The molecule has 0 aromatic heterocycles. The molecule has 0 bridgehead atoms. The normalized spacial score (nSPS) is 21.3. The highest BCUT2D eigenvalue weighted by molar-refractivity contribution is 6.71. The van der Waals surface area contributed by atoms with E-state index in [4.69, 9.17) is 8.85 Å². The maximum absolute atomic E-state index is 6.84. The number of benzene rings is 1. The molecule has 23 heavy (non-hydrogen) atoms. The first-order valence-electron chi connectivity index (χ1n) is 9.73. The molecule has 3 heteroatoms. The molecule has 1 aromatic rings. The second-order valence-corrected chi connectivity index (χ2v) is 10.8. The molecule has 2 fully saturated rings. The van der Waals surface area contributed by atoms with E-state index in [2.05, 4.69) is 37.3 Å². The van der Waals surface area contributed by atoms with Crippen LogP contribution in [0.1, 0.15) is 71.1 Å². The molecule has 0 aliphatic heterocycles. The lowest BCUT2D eigenvalue weighted by atomic mass is 9.99. The summed E-state index contributed by atoms with van der Waals surface area (Å²) in [4.78, 5) is 0. The fraction of sp³-hybridized carbons (Fsp3) is 0.700. The molecule has 1 aromatic carbocycles. The van der Waals surface area contributed by atoms with Crippen LogP contribution in [0.15, 0.2) is 30.3 Å². The maximum atomic E-state index is 6.84. The van der Waals surface area contributed by atoms with E-state index in [1.54, 1.807) is 0 Å². The molecule has 2 nitrogen and oxygen atoms in total. The molecule has 2 saturated carbocycles. The van der Waals surface area contributed by atoms with Crippen molar-refractivity contribution in [3.05, 3.63) is 30.3 Å². The number of hydrogen-bond acceptors (Lipinski definition) is 2. The SMILES string of the molecule is CCO[Si](Oc1ccccc1)(C1CCCCC1)C1CCCCC1. The third-order valence-corrected chi connectivity index (χ3v) is 10.5. The van der Waals surface area contributed by atoms with Crippen molar-refractivity contribution >= 4 is 8.56 Å². The smallest absolute Gasteiger partial charge is 0.405 e. The predicted molar refractivity (Wildman–Crippen MR) is 98.1 cm³/mol. The topological polar surface area (TPSA) is 18.5 Å². The van der Waals surface area contributed by atoms with Crippen LogP contribution in [0.4, 0.5) is 0 Å². The molecular formula is C20H32O2Si. The molecule has 0 N–H and O–H groups in total. The maximum Gasteiger partial charge on any atom is 0.405 e. The second kappa shape index (κ2) is 8.34. The Kier molecular flexibility index (Phi) is 6.18. The van der Waals surface area contributed by atoms with Crippen LogP contribution in [0.3, 0.4) is 0 Å². The average Bonchev–Trinajstić information content (AvgIpc) is 2.64. The van der Waals surface area contributed by atoms with Gasteiger partial charge in [-0.2, -0.15) is 0 Å². The van der Waals surface area contributed by atoms with E-state index in [-0.39, 0.29) is 0 Å². The van der Waals surface area contributed by atoms with Gasteiger partial charge in [-0.05, 0) is 44.7 Å². The molecule has 0 spiro atoms. The van der Waals surface area contributed by atoms with Gasteiger partial charge in [-0.25, -0.2) is 0 Å². The van der Waals surface area contributed by atoms with Crippen LogP contribution in [-0.4, -0.2) is 15.2 Å². The molecule has 3 rings (SSSR count). The summed E-state index contributed by atoms with van der Waals surface area (Å²) >= 11 is 0. The summed E-state index contributed by atoms with van der Waals surface area (Å²) in [6.45, 7) is 2.95. The van der Waals surface area contributed by atoms with Gasteiger partial charge < -0.3 is 8.85 Å². The first kappa shape index (κ1) is 17.0. The Labute approximate surface area is 142 Å². The highest BCUT2D eigenvalue weighted by atomic mass is 28.4. The van der Waals surface area contributed by atoms with E-state index in [0.717, 1.165) is 12.4 Å². The van der Waals surface area contributed by atoms with Crippen molar-refractivity contribution in [2.24, 2.45) is 0 Å². The van der Waals surface area contributed by atoms with E-state index >= 15 is 0 Å². The molecule has 2 aliphatic rings. The molecule has 0 radical (unpaired) electrons. The Morgan fingerprint density at radius 3 is 1.83 bits per heavy atom. The Balaban J connectivity index is 1.90. The Morgan fingerprint density at radius 1 is 0.826 bits per heavy atom. The van der Waals surface area contributed by atoms with E-state index in [1.807, 2.05) is 0 Å². The molecule has 0 amide bonds. The number of rotatable bonds is 6. The quantitative estimate of drug-likeness (QED) is 0.576. The van der Waals surface area contributed by atoms with Gasteiger partial charge in [-0.1, -0.05) is 56.7 Å². The third-order valence-electron chi connectivity index (χ3n) is 5.74. The van der Waals surface area contributed by atoms with E-state index in [9.17, 15) is 0 Å². The molecule has 0 saturated heterocycles. The Bertz CT molecular complexity index is 432. The summed E-state index contributed by atoms with van der Waals surface area (Å²) in [6, 6.07) is 10.5. The van der Waals surface area contributed by atoms with Crippen molar-refractivity contribution < 1.29 is 8.85 Å². The molecular weight excluding hydrogens is 300 g/mol. The number of hydrogen-bond donors (Lipinski definition) is 0.